The number of nitrogens with zero attached hydrogens (tertiary/aromatic N) is 1. The van der Waals surface area contributed by atoms with Crippen LogP contribution in [0.1, 0.15) is 44.7 Å². The van der Waals surface area contributed by atoms with Gasteiger partial charge in [-0.05, 0) is 37.9 Å². The Kier molecular flexibility index (Phi) is 5.41. The number of rotatable bonds is 5. The van der Waals surface area contributed by atoms with Crippen LogP contribution >= 0.6 is 0 Å². The predicted octanol–water partition coefficient (Wildman–Crippen LogP) is 3.46. The van der Waals surface area contributed by atoms with Gasteiger partial charge in [-0.3, -0.25) is 4.90 Å². The molecule has 1 N–H and O–H groups in total. The van der Waals surface area contributed by atoms with Crippen LogP contribution < -0.4 is 5.32 Å². The average molecular weight is 260 g/mol. The second-order valence-electron chi connectivity index (χ2n) is 6.19. The summed E-state index contributed by atoms with van der Waals surface area (Å²) in [7, 11) is 2.27. The highest BCUT2D eigenvalue weighted by molar-refractivity contribution is 5.19. The molecule has 0 bridgehead atoms. The summed E-state index contributed by atoms with van der Waals surface area (Å²) in [6, 6.07) is 12.1. The summed E-state index contributed by atoms with van der Waals surface area (Å²) in [5, 5.41) is 3.65. The molecule has 0 saturated carbocycles. The lowest BCUT2D eigenvalue weighted by atomic mass is 9.94. The van der Waals surface area contributed by atoms with Crippen molar-refractivity contribution in [2.24, 2.45) is 5.92 Å². The SMILES string of the molecule is CC(C)C(c1ccccc1)N(C)CC1CCCCN1. The number of nitrogens with one attached hydrogen (secondary N) is 1. The van der Waals surface area contributed by atoms with E-state index in [1.165, 1.54) is 31.4 Å². The van der Waals surface area contributed by atoms with Gasteiger partial charge in [-0.25, -0.2) is 0 Å². The van der Waals surface area contributed by atoms with E-state index < -0.39 is 0 Å². The third kappa shape index (κ3) is 4.05. The smallest absolute Gasteiger partial charge is 0.0368 e. The van der Waals surface area contributed by atoms with Crippen LogP contribution in [0, 0.1) is 5.92 Å². The van der Waals surface area contributed by atoms with Crippen LogP contribution in [0.25, 0.3) is 0 Å². The minimum Gasteiger partial charge on any atom is -0.313 e. The Balaban J connectivity index is 2.02. The third-order valence-electron chi connectivity index (χ3n) is 4.17. The van der Waals surface area contributed by atoms with Crippen LogP contribution in [0.4, 0.5) is 0 Å². The van der Waals surface area contributed by atoms with Gasteiger partial charge < -0.3 is 5.32 Å². The molecule has 0 amide bonds. The van der Waals surface area contributed by atoms with Gasteiger partial charge in [0.15, 0.2) is 0 Å². The topological polar surface area (TPSA) is 15.3 Å². The third-order valence-corrected chi connectivity index (χ3v) is 4.17. The monoisotopic (exact) mass is 260 g/mol. The maximum Gasteiger partial charge on any atom is 0.0368 e. The van der Waals surface area contributed by atoms with Crippen molar-refractivity contribution < 1.29 is 0 Å². The van der Waals surface area contributed by atoms with Gasteiger partial charge in [-0.15, -0.1) is 0 Å². The highest BCUT2D eigenvalue weighted by Crippen LogP contribution is 2.27. The van der Waals surface area contributed by atoms with Crippen LogP contribution in [0.2, 0.25) is 0 Å². The van der Waals surface area contributed by atoms with Crippen LogP contribution in [-0.2, 0) is 0 Å². The number of hydrogen-bond donors (Lipinski definition) is 1. The fourth-order valence-corrected chi connectivity index (χ4v) is 3.34. The van der Waals surface area contributed by atoms with E-state index in [0.29, 0.717) is 18.0 Å². The number of piperidine rings is 1. The molecule has 0 aromatic heterocycles. The van der Waals surface area contributed by atoms with E-state index in [9.17, 15) is 0 Å². The van der Waals surface area contributed by atoms with Gasteiger partial charge in [-0.1, -0.05) is 50.6 Å². The second-order valence-corrected chi connectivity index (χ2v) is 6.19. The summed E-state index contributed by atoms with van der Waals surface area (Å²) in [4.78, 5) is 2.53. The maximum atomic E-state index is 3.65. The quantitative estimate of drug-likeness (QED) is 0.872. The van der Waals surface area contributed by atoms with Gasteiger partial charge in [0, 0.05) is 18.6 Å². The molecule has 19 heavy (non-hydrogen) atoms. The molecule has 1 fully saturated rings. The number of likely N-dealkylation sites (N-methyl/N-ethyl adjacent to an activating group) is 1. The zero-order chi connectivity index (χ0) is 13.7. The first-order valence-corrected chi connectivity index (χ1v) is 7.67. The highest BCUT2D eigenvalue weighted by Gasteiger charge is 2.23. The molecule has 1 aliphatic rings. The molecule has 1 aliphatic heterocycles. The van der Waals surface area contributed by atoms with Crippen molar-refractivity contribution in [3.63, 3.8) is 0 Å². The standard InChI is InChI=1S/C17H28N2/c1-14(2)17(15-9-5-4-6-10-15)19(3)13-16-11-7-8-12-18-16/h4-6,9-10,14,16-18H,7-8,11-13H2,1-3H3. The van der Waals surface area contributed by atoms with E-state index in [1.807, 2.05) is 0 Å². The summed E-state index contributed by atoms with van der Waals surface area (Å²) >= 11 is 0. The van der Waals surface area contributed by atoms with Crippen molar-refractivity contribution >= 4 is 0 Å². The van der Waals surface area contributed by atoms with E-state index in [2.05, 4.69) is 61.4 Å². The zero-order valence-corrected chi connectivity index (χ0v) is 12.6. The van der Waals surface area contributed by atoms with Crippen LogP contribution in [0.15, 0.2) is 30.3 Å². The lowest BCUT2D eigenvalue weighted by molar-refractivity contribution is 0.166. The molecule has 0 radical (unpaired) electrons. The van der Waals surface area contributed by atoms with Crippen LogP contribution in [-0.4, -0.2) is 31.1 Å². The molecule has 0 spiro atoms. The summed E-state index contributed by atoms with van der Waals surface area (Å²) in [5.41, 5.74) is 1.44. The van der Waals surface area contributed by atoms with Crippen molar-refractivity contribution in [2.45, 2.75) is 45.2 Å². The molecule has 0 aliphatic carbocycles. The number of hydrogen-bond acceptors (Lipinski definition) is 2. The van der Waals surface area contributed by atoms with Gasteiger partial charge >= 0.3 is 0 Å². The lowest BCUT2D eigenvalue weighted by Gasteiger charge is -2.35. The Hall–Kier alpha value is -0.860. The van der Waals surface area contributed by atoms with Crippen LogP contribution in [0.3, 0.4) is 0 Å². The molecule has 2 rings (SSSR count). The van der Waals surface area contributed by atoms with E-state index in [-0.39, 0.29) is 0 Å². The molecule has 1 saturated heterocycles. The Bertz CT molecular complexity index is 355. The van der Waals surface area contributed by atoms with Crippen molar-refractivity contribution in [1.29, 1.82) is 0 Å². The van der Waals surface area contributed by atoms with Crippen molar-refractivity contribution in [1.82, 2.24) is 10.2 Å². The van der Waals surface area contributed by atoms with Crippen molar-refractivity contribution in [3.8, 4) is 0 Å². The predicted molar refractivity (Wildman–Crippen MR) is 82.3 cm³/mol. The van der Waals surface area contributed by atoms with Gasteiger partial charge in [0.1, 0.15) is 0 Å². The molecule has 2 atom stereocenters. The van der Waals surface area contributed by atoms with Crippen molar-refractivity contribution in [2.75, 3.05) is 20.1 Å². The minimum absolute atomic E-state index is 0.518. The normalized spacial score (nSPS) is 21.8. The van der Waals surface area contributed by atoms with Gasteiger partial charge in [0.05, 0.1) is 0 Å². The fraction of sp³-hybridized carbons (Fsp3) is 0.647. The van der Waals surface area contributed by atoms with E-state index in [0.717, 1.165) is 6.54 Å². The Morgan fingerprint density at radius 1 is 1.21 bits per heavy atom. The number of benzene rings is 1. The van der Waals surface area contributed by atoms with Gasteiger partial charge in [-0.2, -0.15) is 0 Å². The van der Waals surface area contributed by atoms with Gasteiger partial charge in [0.25, 0.3) is 0 Å². The largest absolute Gasteiger partial charge is 0.313 e. The van der Waals surface area contributed by atoms with E-state index >= 15 is 0 Å². The first-order chi connectivity index (χ1) is 9.18. The van der Waals surface area contributed by atoms with Crippen molar-refractivity contribution in [3.05, 3.63) is 35.9 Å². The average Bonchev–Trinajstić information content (AvgIpc) is 2.40. The highest BCUT2D eigenvalue weighted by atomic mass is 15.2. The van der Waals surface area contributed by atoms with E-state index in [4.69, 9.17) is 0 Å². The van der Waals surface area contributed by atoms with Crippen LogP contribution in [0.5, 0.6) is 0 Å². The molecule has 1 aromatic rings. The van der Waals surface area contributed by atoms with E-state index in [1.54, 1.807) is 0 Å². The molecule has 2 heteroatoms. The molecular formula is C17H28N2. The zero-order valence-electron chi connectivity index (χ0n) is 12.6. The fourth-order valence-electron chi connectivity index (χ4n) is 3.34. The molecule has 1 aromatic carbocycles. The first kappa shape index (κ1) is 14.5. The molecule has 2 unspecified atom stereocenters. The summed E-state index contributed by atoms with van der Waals surface area (Å²) < 4.78 is 0. The summed E-state index contributed by atoms with van der Waals surface area (Å²) in [6.07, 6.45) is 4.04. The lowest BCUT2D eigenvalue weighted by Crippen LogP contribution is -2.44. The second kappa shape index (κ2) is 7.06. The Morgan fingerprint density at radius 3 is 2.53 bits per heavy atom. The Labute approximate surface area is 118 Å². The summed E-state index contributed by atoms with van der Waals surface area (Å²) in [5.74, 6) is 0.635. The molecular weight excluding hydrogens is 232 g/mol. The minimum atomic E-state index is 0.518. The van der Waals surface area contributed by atoms with Gasteiger partial charge in [0.2, 0.25) is 0 Å². The molecule has 1 heterocycles. The Morgan fingerprint density at radius 2 is 1.95 bits per heavy atom. The molecule has 106 valence electrons. The molecule has 2 nitrogen and oxygen atoms in total. The first-order valence-electron chi connectivity index (χ1n) is 7.67. The summed E-state index contributed by atoms with van der Waals surface area (Å²) in [6.45, 7) is 6.98. The maximum absolute atomic E-state index is 3.65.